The normalized spacial score (nSPS) is 11.1. The van der Waals surface area contributed by atoms with Gasteiger partial charge in [-0.3, -0.25) is 0 Å². The third kappa shape index (κ3) is 1.54. The summed E-state index contributed by atoms with van der Waals surface area (Å²) in [6.45, 7) is 4.91. The van der Waals surface area contributed by atoms with Gasteiger partial charge in [-0.1, -0.05) is 6.92 Å². The van der Waals surface area contributed by atoms with Crippen LogP contribution in [0.4, 0.5) is 0 Å². The lowest BCUT2D eigenvalue weighted by Crippen LogP contribution is -1.94. The van der Waals surface area contributed by atoms with Gasteiger partial charge in [0.1, 0.15) is 5.75 Å². The van der Waals surface area contributed by atoms with Gasteiger partial charge in [-0.05, 0) is 31.4 Å². The first-order chi connectivity index (χ1) is 8.82. The summed E-state index contributed by atoms with van der Waals surface area (Å²) in [6.07, 6.45) is 0.493. The van der Waals surface area contributed by atoms with Crippen LogP contribution in [0.25, 0.3) is 10.8 Å². The standard InChI is InChI=1S/C14H16O5/c1-4-7-5(2)11(16)13(18)9-8(7)10(15)6(3)12(17)14(9)19/h15-19H,4H2,1-3H3. The van der Waals surface area contributed by atoms with Gasteiger partial charge < -0.3 is 25.5 Å². The molecule has 5 N–H and O–H groups in total. The predicted molar refractivity (Wildman–Crippen MR) is 71.1 cm³/mol. The van der Waals surface area contributed by atoms with Crippen molar-refractivity contribution in [1.29, 1.82) is 0 Å². The van der Waals surface area contributed by atoms with Gasteiger partial charge in [0.25, 0.3) is 0 Å². The lowest BCUT2D eigenvalue weighted by atomic mass is 9.92. The van der Waals surface area contributed by atoms with Crippen LogP contribution in [0.5, 0.6) is 28.7 Å². The van der Waals surface area contributed by atoms with E-state index in [1.54, 1.807) is 6.92 Å². The molecule has 0 aliphatic carbocycles. The lowest BCUT2D eigenvalue weighted by Gasteiger charge is -2.17. The molecule has 0 spiro atoms. The maximum absolute atomic E-state index is 10.2. The summed E-state index contributed by atoms with van der Waals surface area (Å²) < 4.78 is 0. The Labute approximate surface area is 110 Å². The van der Waals surface area contributed by atoms with Crippen molar-refractivity contribution in [3.8, 4) is 28.7 Å². The van der Waals surface area contributed by atoms with E-state index in [1.165, 1.54) is 6.92 Å². The summed E-state index contributed by atoms with van der Waals surface area (Å²) in [4.78, 5) is 0. The molecule has 0 saturated carbocycles. The van der Waals surface area contributed by atoms with Crippen molar-refractivity contribution in [1.82, 2.24) is 0 Å². The number of hydrogen-bond acceptors (Lipinski definition) is 5. The molecule has 0 saturated heterocycles. The van der Waals surface area contributed by atoms with E-state index < -0.39 is 17.2 Å². The fraction of sp³-hybridized carbons (Fsp3) is 0.286. The fourth-order valence-electron chi connectivity index (χ4n) is 2.43. The van der Waals surface area contributed by atoms with Gasteiger partial charge in [0.05, 0.1) is 5.39 Å². The highest BCUT2D eigenvalue weighted by molar-refractivity contribution is 6.04. The van der Waals surface area contributed by atoms with Gasteiger partial charge in [0, 0.05) is 10.9 Å². The second kappa shape index (κ2) is 4.12. The van der Waals surface area contributed by atoms with Gasteiger partial charge in [-0.15, -0.1) is 0 Å². The van der Waals surface area contributed by atoms with Gasteiger partial charge in [0.15, 0.2) is 23.0 Å². The molecular weight excluding hydrogens is 248 g/mol. The molecule has 0 aromatic heterocycles. The average Bonchev–Trinajstić information content (AvgIpc) is 2.40. The lowest BCUT2D eigenvalue weighted by molar-refractivity contribution is 0.387. The Morgan fingerprint density at radius 3 is 1.58 bits per heavy atom. The first-order valence-electron chi connectivity index (χ1n) is 5.93. The monoisotopic (exact) mass is 264 g/mol. The molecule has 0 aliphatic heterocycles. The van der Waals surface area contributed by atoms with Gasteiger partial charge >= 0.3 is 0 Å². The second-order valence-electron chi connectivity index (χ2n) is 4.58. The maximum Gasteiger partial charge on any atom is 0.169 e. The van der Waals surface area contributed by atoms with Crippen LogP contribution in [0.15, 0.2) is 0 Å². The summed E-state index contributed by atoms with van der Waals surface area (Å²) >= 11 is 0. The second-order valence-corrected chi connectivity index (χ2v) is 4.58. The Balaban J connectivity index is 3.21. The topological polar surface area (TPSA) is 101 Å². The molecule has 0 bridgehead atoms. The number of phenols is 5. The summed E-state index contributed by atoms with van der Waals surface area (Å²) in [5, 5.41) is 49.8. The SMILES string of the molecule is CCc1c(C)c(O)c(O)c2c(O)c(O)c(C)c(O)c12. The van der Waals surface area contributed by atoms with Crippen LogP contribution in [0, 0.1) is 13.8 Å². The summed E-state index contributed by atoms with van der Waals surface area (Å²) in [5.41, 5.74) is 1.18. The maximum atomic E-state index is 10.2. The molecule has 0 aliphatic rings. The fourth-order valence-corrected chi connectivity index (χ4v) is 2.43. The Morgan fingerprint density at radius 1 is 0.632 bits per heavy atom. The first-order valence-corrected chi connectivity index (χ1v) is 5.93. The van der Waals surface area contributed by atoms with Gasteiger partial charge in [-0.25, -0.2) is 0 Å². The molecule has 2 aromatic rings. The van der Waals surface area contributed by atoms with E-state index in [0.717, 1.165) is 0 Å². The van der Waals surface area contributed by atoms with Crippen molar-refractivity contribution in [3.05, 3.63) is 16.7 Å². The number of benzene rings is 2. The van der Waals surface area contributed by atoms with E-state index in [1.807, 2.05) is 6.92 Å². The molecule has 2 aromatic carbocycles. The zero-order valence-corrected chi connectivity index (χ0v) is 10.9. The zero-order valence-electron chi connectivity index (χ0n) is 10.9. The minimum absolute atomic E-state index is 0.129. The molecule has 0 fully saturated rings. The summed E-state index contributed by atoms with van der Waals surface area (Å²) in [7, 11) is 0. The largest absolute Gasteiger partial charge is 0.507 e. The van der Waals surface area contributed by atoms with Crippen LogP contribution in [0.3, 0.4) is 0 Å². The van der Waals surface area contributed by atoms with E-state index in [9.17, 15) is 25.5 Å². The van der Waals surface area contributed by atoms with Crippen LogP contribution in [-0.2, 0) is 6.42 Å². The number of phenolic OH excluding ortho intramolecular Hbond substituents is 5. The van der Waals surface area contributed by atoms with Gasteiger partial charge in [0.2, 0.25) is 0 Å². The Hall–Kier alpha value is -2.30. The average molecular weight is 264 g/mol. The van der Waals surface area contributed by atoms with Gasteiger partial charge in [-0.2, -0.15) is 0 Å². The highest BCUT2D eigenvalue weighted by atomic mass is 16.3. The van der Waals surface area contributed by atoms with Crippen molar-refractivity contribution in [3.63, 3.8) is 0 Å². The zero-order chi connectivity index (χ0) is 14.5. The number of aromatic hydroxyl groups is 5. The molecule has 0 radical (unpaired) electrons. The highest BCUT2D eigenvalue weighted by Crippen LogP contribution is 2.52. The first kappa shape index (κ1) is 13.1. The molecule has 19 heavy (non-hydrogen) atoms. The minimum Gasteiger partial charge on any atom is -0.507 e. The molecule has 0 atom stereocenters. The molecule has 0 unspecified atom stereocenters. The van der Waals surface area contributed by atoms with E-state index >= 15 is 0 Å². The van der Waals surface area contributed by atoms with Crippen LogP contribution < -0.4 is 0 Å². The van der Waals surface area contributed by atoms with Crippen molar-refractivity contribution in [2.24, 2.45) is 0 Å². The molecular formula is C14H16O5. The van der Waals surface area contributed by atoms with Crippen molar-refractivity contribution < 1.29 is 25.5 Å². The number of aryl methyl sites for hydroxylation is 1. The van der Waals surface area contributed by atoms with Crippen molar-refractivity contribution in [2.45, 2.75) is 27.2 Å². The molecule has 5 heteroatoms. The molecule has 102 valence electrons. The van der Waals surface area contributed by atoms with Crippen LogP contribution in [-0.4, -0.2) is 25.5 Å². The van der Waals surface area contributed by atoms with Crippen molar-refractivity contribution >= 4 is 10.8 Å². The van der Waals surface area contributed by atoms with Crippen LogP contribution in [0.2, 0.25) is 0 Å². The van der Waals surface area contributed by atoms with Crippen LogP contribution >= 0.6 is 0 Å². The third-order valence-electron chi connectivity index (χ3n) is 3.58. The Morgan fingerprint density at radius 2 is 1.11 bits per heavy atom. The minimum atomic E-state index is -0.548. The molecule has 0 heterocycles. The number of fused-ring (bicyclic) bond motifs is 1. The Kier molecular flexibility index (Phi) is 2.85. The van der Waals surface area contributed by atoms with Crippen molar-refractivity contribution in [2.75, 3.05) is 0 Å². The summed E-state index contributed by atoms with van der Waals surface area (Å²) in [6, 6.07) is 0. The molecule has 0 amide bonds. The molecule has 5 nitrogen and oxygen atoms in total. The summed E-state index contributed by atoms with van der Waals surface area (Å²) in [5.74, 6) is -2.17. The highest BCUT2D eigenvalue weighted by Gasteiger charge is 2.24. The van der Waals surface area contributed by atoms with E-state index in [-0.39, 0.29) is 27.8 Å². The van der Waals surface area contributed by atoms with E-state index in [0.29, 0.717) is 17.5 Å². The third-order valence-corrected chi connectivity index (χ3v) is 3.58. The molecule has 2 rings (SSSR count). The number of rotatable bonds is 1. The van der Waals surface area contributed by atoms with Crippen LogP contribution in [0.1, 0.15) is 23.6 Å². The smallest absolute Gasteiger partial charge is 0.169 e. The quantitative estimate of drug-likeness (QED) is 0.402. The van der Waals surface area contributed by atoms with E-state index in [4.69, 9.17) is 0 Å². The predicted octanol–water partition coefficient (Wildman–Crippen LogP) is 2.55. The Bertz CT molecular complexity index is 681. The number of hydrogen-bond donors (Lipinski definition) is 5. The van der Waals surface area contributed by atoms with E-state index in [2.05, 4.69) is 0 Å².